The number of carbonyl (C=O) groups excluding carboxylic acids is 2. The van der Waals surface area contributed by atoms with E-state index in [1.54, 1.807) is 18.2 Å². The molecule has 1 N–H and O–H groups in total. The lowest BCUT2D eigenvalue weighted by molar-refractivity contribution is -0.132. The number of para-hydroxylation sites is 1. The van der Waals surface area contributed by atoms with E-state index in [0.29, 0.717) is 17.9 Å². The van der Waals surface area contributed by atoms with Gasteiger partial charge in [-0.1, -0.05) is 63.2 Å². The van der Waals surface area contributed by atoms with Gasteiger partial charge in [-0.15, -0.1) is 0 Å². The van der Waals surface area contributed by atoms with E-state index in [0.717, 1.165) is 35.3 Å². The van der Waals surface area contributed by atoms with E-state index >= 15 is 0 Å². The fraction of sp³-hybridized carbons (Fsp3) is 0.267. The van der Waals surface area contributed by atoms with Crippen molar-refractivity contribution in [1.82, 2.24) is 0 Å². The smallest absolute Gasteiger partial charge is 0.300 e. The first-order valence-electron chi connectivity index (χ1n) is 12.0. The van der Waals surface area contributed by atoms with Gasteiger partial charge in [0.15, 0.2) is 0 Å². The molecule has 5 nitrogen and oxygen atoms in total. The summed E-state index contributed by atoms with van der Waals surface area (Å²) in [5, 5.41) is 11.4. The summed E-state index contributed by atoms with van der Waals surface area (Å²) >= 11 is 0. The summed E-state index contributed by atoms with van der Waals surface area (Å²) in [5.74, 6) is -0.707. The number of ether oxygens (including phenoxy) is 1. The standard InChI is InChI=1S/C30H29NO4/c1-30(2,3)22-14-11-19(12-15-22)26-25(28(33)29(34)31(26)23-9-5-4-6-10-23)27(32)21-13-16-24-20(18-21)8-7-17-35-24/h4-6,9-16,18,26,32H,7-8,17H2,1-3H3/b27-25-. The molecule has 1 atom stereocenters. The van der Waals surface area contributed by atoms with Crippen molar-refractivity contribution in [2.45, 2.75) is 45.1 Å². The topological polar surface area (TPSA) is 66.8 Å². The van der Waals surface area contributed by atoms with Crippen molar-refractivity contribution < 1.29 is 19.4 Å². The molecule has 3 aromatic rings. The maximum absolute atomic E-state index is 13.4. The number of hydrogen-bond acceptors (Lipinski definition) is 4. The van der Waals surface area contributed by atoms with Crippen molar-refractivity contribution in [1.29, 1.82) is 0 Å². The van der Waals surface area contributed by atoms with Crippen molar-refractivity contribution in [2.75, 3.05) is 11.5 Å². The summed E-state index contributed by atoms with van der Waals surface area (Å²) in [6.45, 7) is 7.08. The first-order chi connectivity index (χ1) is 16.8. The van der Waals surface area contributed by atoms with E-state index in [1.807, 2.05) is 54.6 Å². The molecule has 35 heavy (non-hydrogen) atoms. The summed E-state index contributed by atoms with van der Waals surface area (Å²) in [6.07, 6.45) is 1.74. The lowest BCUT2D eigenvalue weighted by Gasteiger charge is -2.26. The van der Waals surface area contributed by atoms with Gasteiger partial charge in [0.2, 0.25) is 0 Å². The zero-order valence-electron chi connectivity index (χ0n) is 20.2. The van der Waals surface area contributed by atoms with Gasteiger partial charge in [0.25, 0.3) is 11.7 Å². The maximum Gasteiger partial charge on any atom is 0.300 e. The van der Waals surface area contributed by atoms with Crippen molar-refractivity contribution in [3.05, 3.63) is 101 Å². The number of Topliss-reactive ketones (excluding diaryl/α,β-unsaturated/α-hetero) is 1. The van der Waals surface area contributed by atoms with Gasteiger partial charge in [-0.05, 0) is 65.3 Å². The van der Waals surface area contributed by atoms with Crippen LogP contribution in [0.25, 0.3) is 5.76 Å². The Kier molecular flexibility index (Phi) is 5.72. The summed E-state index contributed by atoms with van der Waals surface area (Å²) in [7, 11) is 0. The normalized spacial score (nSPS) is 19.4. The second-order valence-electron chi connectivity index (χ2n) is 10.2. The fourth-order valence-electron chi connectivity index (χ4n) is 4.83. The molecule has 2 aliphatic heterocycles. The number of rotatable bonds is 3. The van der Waals surface area contributed by atoms with Crippen LogP contribution in [0.1, 0.15) is 55.5 Å². The number of nitrogens with zero attached hydrogens (tertiary/aromatic N) is 1. The van der Waals surface area contributed by atoms with Gasteiger partial charge in [-0.3, -0.25) is 14.5 Å². The molecule has 2 aliphatic rings. The first kappa shape index (κ1) is 22.9. The SMILES string of the molecule is CC(C)(C)c1ccc(C2/C(=C(/O)c3ccc4c(c3)CCCO4)C(=O)C(=O)N2c2ccccc2)cc1. The maximum atomic E-state index is 13.4. The lowest BCUT2D eigenvalue weighted by atomic mass is 9.85. The van der Waals surface area contributed by atoms with Crippen LogP contribution in [0.2, 0.25) is 0 Å². The highest BCUT2D eigenvalue weighted by Crippen LogP contribution is 2.43. The van der Waals surface area contributed by atoms with Crippen LogP contribution in [-0.2, 0) is 21.4 Å². The summed E-state index contributed by atoms with van der Waals surface area (Å²) in [4.78, 5) is 28.2. The van der Waals surface area contributed by atoms with Crippen molar-refractivity contribution >= 4 is 23.1 Å². The number of hydrogen-bond donors (Lipinski definition) is 1. The van der Waals surface area contributed by atoms with Crippen LogP contribution >= 0.6 is 0 Å². The molecular formula is C30H29NO4. The fourth-order valence-corrected chi connectivity index (χ4v) is 4.83. The Balaban J connectivity index is 1.67. The highest BCUT2D eigenvalue weighted by atomic mass is 16.5. The van der Waals surface area contributed by atoms with E-state index in [2.05, 4.69) is 20.8 Å². The Labute approximate surface area is 205 Å². The molecule has 1 amide bonds. The number of amides is 1. The zero-order valence-corrected chi connectivity index (χ0v) is 20.2. The number of aryl methyl sites for hydroxylation is 1. The predicted octanol–water partition coefficient (Wildman–Crippen LogP) is 5.94. The molecule has 0 spiro atoms. The molecule has 0 aliphatic carbocycles. The average Bonchev–Trinajstić information content (AvgIpc) is 3.13. The van der Waals surface area contributed by atoms with Gasteiger partial charge in [-0.2, -0.15) is 0 Å². The van der Waals surface area contributed by atoms with Crippen LogP contribution < -0.4 is 9.64 Å². The minimum absolute atomic E-state index is 0.0367. The van der Waals surface area contributed by atoms with Crippen LogP contribution in [0.4, 0.5) is 5.69 Å². The van der Waals surface area contributed by atoms with E-state index in [4.69, 9.17) is 4.74 Å². The molecule has 0 saturated carbocycles. The third-order valence-electron chi connectivity index (χ3n) is 6.75. The molecule has 5 heteroatoms. The number of anilines is 1. The van der Waals surface area contributed by atoms with Gasteiger partial charge in [-0.25, -0.2) is 0 Å². The van der Waals surface area contributed by atoms with Crippen molar-refractivity contribution in [2.24, 2.45) is 0 Å². The Bertz CT molecular complexity index is 1320. The quantitative estimate of drug-likeness (QED) is 0.294. The van der Waals surface area contributed by atoms with Gasteiger partial charge >= 0.3 is 0 Å². The number of aliphatic hydroxyl groups is 1. The largest absolute Gasteiger partial charge is 0.507 e. The molecule has 5 rings (SSSR count). The molecule has 0 bridgehead atoms. The van der Waals surface area contributed by atoms with Crippen LogP contribution in [0.5, 0.6) is 5.75 Å². The molecule has 2 heterocycles. The van der Waals surface area contributed by atoms with Crippen LogP contribution in [0.3, 0.4) is 0 Å². The van der Waals surface area contributed by atoms with Crippen molar-refractivity contribution in [3.63, 3.8) is 0 Å². The molecule has 0 radical (unpaired) electrons. The second-order valence-corrected chi connectivity index (χ2v) is 10.2. The highest BCUT2D eigenvalue weighted by Gasteiger charge is 2.47. The molecule has 1 unspecified atom stereocenters. The van der Waals surface area contributed by atoms with Gasteiger partial charge in [0.1, 0.15) is 11.5 Å². The van der Waals surface area contributed by atoms with Crippen LogP contribution in [0.15, 0.2) is 78.4 Å². The number of aliphatic hydroxyl groups excluding tert-OH is 1. The summed E-state index contributed by atoms with van der Waals surface area (Å²) < 4.78 is 5.70. The minimum atomic E-state index is -0.737. The number of fused-ring (bicyclic) bond motifs is 1. The van der Waals surface area contributed by atoms with Crippen LogP contribution in [-0.4, -0.2) is 23.4 Å². The molecule has 3 aromatic carbocycles. The lowest BCUT2D eigenvalue weighted by Crippen LogP contribution is -2.29. The number of benzene rings is 3. The third-order valence-corrected chi connectivity index (χ3v) is 6.75. The Hall–Kier alpha value is -3.86. The molecular weight excluding hydrogens is 438 g/mol. The van der Waals surface area contributed by atoms with Crippen molar-refractivity contribution in [3.8, 4) is 5.75 Å². The van der Waals surface area contributed by atoms with Crippen LogP contribution in [0, 0.1) is 0 Å². The summed E-state index contributed by atoms with van der Waals surface area (Å²) in [5.41, 5.74) is 4.08. The highest BCUT2D eigenvalue weighted by molar-refractivity contribution is 6.51. The Morgan fingerprint density at radius 2 is 1.69 bits per heavy atom. The average molecular weight is 468 g/mol. The minimum Gasteiger partial charge on any atom is -0.507 e. The number of carbonyl (C=O) groups is 2. The Morgan fingerprint density at radius 1 is 0.971 bits per heavy atom. The number of ketones is 1. The van der Waals surface area contributed by atoms with Gasteiger partial charge in [0, 0.05) is 11.3 Å². The van der Waals surface area contributed by atoms with E-state index in [9.17, 15) is 14.7 Å². The first-order valence-corrected chi connectivity index (χ1v) is 12.0. The molecule has 1 saturated heterocycles. The zero-order chi connectivity index (χ0) is 24.7. The van der Waals surface area contributed by atoms with E-state index in [-0.39, 0.29) is 16.7 Å². The molecule has 178 valence electrons. The second kappa shape index (κ2) is 8.73. The Morgan fingerprint density at radius 3 is 2.37 bits per heavy atom. The van der Waals surface area contributed by atoms with Gasteiger partial charge < -0.3 is 9.84 Å². The van der Waals surface area contributed by atoms with Gasteiger partial charge in [0.05, 0.1) is 18.2 Å². The molecule has 1 fully saturated rings. The van der Waals surface area contributed by atoms with E-state index in [1.165, 1.54) is 4.90 Å². The monoisotopic (exact) mass is 467 g/mol. The van der Waals surface area contributed by atoms with E-state index < -0.39 is 17.7 Å². The summed E-state index contributed by atoms with van der Waals surface area (Å²) in [6, 6.07) is 21.8. The molecule has 0 aromatic heterocycles. The predicted molar refractivity (Wildman–Crippen MR) is 137 cm³/mol. The third kappa shape index (κ3) is 4.12.